The van der Waals surface area contributed by atoms with Crippen LogP contribution in [-0.4, -0.2) is 46.1 Å². The molecule has 1 aromatic heterocycles. The van der Waals surface area contributed by atoms with Crippen molar-refractivity contribution in [3.8, 4) is 0 Å². The molecule has 3 atom stereocenters. The number of hydrogen-bond acceptors (Lipinski definition) is 3. The first-order valence-electron chi connectivity index (χ1n) is 8.50. The fraction of sp³-hybridized carbons (Fsp3) is 0.500. The van der Waals surface area contributed by atoms with Gasteiger partial charge in [-0.3, -0.25) is 14.3 Å². The van der Waals surface area contributed by atoms with E-state index in [2.05, 4.69) is 10.4 Å². The van der Waals surface area contributed by atoms with Gasteiger partial charge in [0.1, 0.15) is 0 Å². The third-order valence-electron chi connectivity index (χ3n) is 5.65. The van der Waals surface area contributed by atoms with Crippen LogP contribution in [0, 0.1) is 11.8 Å². The average molecular weight is 326 g/mol. The Morgan fingerprint density at radius 3 is 2.88 bits per heavy atom. The van der Waals surface area contributed by atoms with Crippen molar-refractivity contribution in [3.05, 3.63) is 30.0 Å². The zero-order chi connectivity index (χ0) is 16.8. The molecule has 2 aromatic rings. The van der Waals surface area contributed by atoms with E-state index in [1.54, 1.807) is 4.68 Å². The highest BCUT2D eigenvalue weighted by Gasteiger charge is 2.41. The van der Waals surface area contributed by atoms with Gasteiger partial charge in [-0.25, -0.2) is 0 Å². The second kappa shape index (κ2) is 5.61. The SMILES string of the molecule is CN(C(=O)c1nn(C)c2ccccc12)[C@H]1C[C@H]2CC(=O)NC[C@H]2C1. The summed E-state index contributed by atoms with van der Waals surface area (Å²) < 4.78 is 1.76. The summed E-state index contributed by atoms with van der Waals surface area (Å²) in [7, 11) is 3.73. The molecule has 6 heteroatoms. The van der Waals surface area contributed by atoms with Crippen molar-refractivity contribution in [3.63, 3.8) is 0 Å². The smallest absolute Gasteiger partial charge is 0.274 e. The molecule has 0 spiro atoms. The molecule has 24 heavy (non-hydrogen) atoms. The second-order valence-corrected chi connectivity index (χ2v) is 7.06. The predicted octanol–water partition coefficient (Wildman–Crippen LogP) is 1.56. The number of hydrogen-bond donors (Lipinski definition) is 1. The van der Waals surface area contributed by atoms with Crippen LogP contribution in [-0.2, 0) is 11.8 Å². The third kappa shape index (κ3) is 2.37. The van der Waals surface area contributed by atoms with Crippen LogP contribution in [0.5, 0.6) is 0 Å². The Balaban J connectivity index is 1.57. The van der Waals surface area contributed by atoms with E-state index in [1.165, 1.54) is 0 Å². The largest absolute Gasteiger partial charge is 0.356 e. The minimum atomic E-state index is -0.0327. The van der Waals surface area contributed by atoms with E-state index < -0.39 is 0 Å². The van der Waals surface area contributed by atoms with Gasteiger partial charge in [-0.1, -0.05) is 18.2 Å². The Hall–Kier alpha value is -2.37. The van der Waals surface area contributed by atoms with Crippen molar-refractivity contribution >= 4 is 22.7 Å². The standard InChI is InChI=1S/C18H22N4O2/c1-21(13-7-11-9-16(23)19-10-12(11)8-13)18(24)17-14-5-3-4-6-15(14)22(2)20-17/h3-6,11-13H,7-10H2,1-2H3,(H,19,23)/t11-,12+,13-/m0/s1. The van der Waals surface area contributed by atoms with Gasteiger partial charge in [-0.05, 0) is 30.7 Å². The molecule has 1 aliphatic heterocycles. The lowest BCUT2D eigenvalue weighted by Crippen LogP contribution is -2.38. The lowest BCUT2D eigenvalue weighted by atomic mass is 9.89. The van der Waals surface area contributed by atoms with Gasteiger partial charge in [0, 0.05) is 38.5 Å². The predicted molar refractivity (Wildman–Crippen MR) is 90.4 cm³/mol. The number of fused-ring (bicyclic) bond motifs is 2. The van der Waals surface area contributed by atoms with Gasteiger partial charge in [0.25, 0.3) is 5.91 Å². The van der Waals surface area contributed by atoms with Crippen LogP contribution in [0.15, 0.2) is 24.3 Å². The number of aromatic nitrogens is 2. The van der Waals surface area contributed by atoms with Crippen molar-refractivity contribution in [1.82, 2.24) is 20.0 Å². The van der Waals surface area contributed by atoms with Gasteiger partial charge < -0.3 is 10.2 Å². The van der Waals surface area contributed by atoms with Crippen LogP contribution in [0.1, 0.15) is 29.8 Å². The van der Waals surface area contributed by atoms with Gasteiger partial charge in [0.2, 0.25) is 5.91 Å². The summed E-state index contributed by atoms with van der Waals surface area (Å²) in [4.78, 5) is 26.4. The molecule has 6 nitrogen and oxygen atoms in total. The highest BCUT2D eigenvalue weighted by molar-refractivity contribution is 6.04. The molecular weight excluding hydrogens is 304 g/mol. The lowest BCUT2D eigenvalue weighted by molar-refractivity contribution is -0.124. The summed E-state index contributed by atoms with van der Waals surface area (Å²) >= 11 is 0. The first-order valence-corrected chi connectivity index (χ1v) is 8.50. The van der Waals surface area contributed by atoms with E-state index in [-0.39, 0.29) is 17.9 Å². The van der Waals surface area contributed by atoms with E-state index in [1.807, 2.05) is 43.3 Å². The zero-order valence-electron chi connectivity index (χ0n) is 14.0. The molecule has 1 saturated heterocycles. The third-order valence-corrected chi connectivity index (χ3v) is 5.65. The van der Waals surface area contributed by atoms with Crippen LogP contribution < -0.4 is 5.32 Å². The summed E-state index contributed by atoms with van der Waals surface area (Å²) in [6, 6.07) is 7.98. The van der Waals surface area contributed by atoms with Crippen LogP contribution in [0.3, 0.4) is 0 Å². The Bertz CT molecular complexity index is 812. The number of carbonyl (C=O) groups excluding carboxylic acids is 2. The first kappa shape index (κ1) is 15.2. The second-order valence-electron chi connectivity index (χ2n) is 7.06. The number of rotatable bonds is 2. The molecule has 0 bridgehead atoms. The molecule has 1 saturated carbocycles. The molecule has 2 amide bonds. The maximum Gasteiger partial charge on any atom is 0.274 e. The summed E-state index contributed by atoms with van der Waals surface area (Å²) in [5, 5.41) is 8.28. The monoisotopic (exact) mass is 326 g/mol. The molecule has 1 aromatic carbocycles. The highest BCUT2D eigenvalue weighted by Crippen LogP contribution is 2.38. The Kier molecular flexibility index (Phi) is 3.55. The number of nitrogens with zero attached hydrogens (tertiary/aromatic N) is 3. The number of amides is 2. The fourth-order valence-corrected chi connectivity index (χ4v) is 4.26. The van der Waals surface area contributed by atoms with E-state index in [0.717, 1.165) is 30.3 Å². The topological polar surface area (TPSA) is 67.2 Å². The molecule has 2 fully saturated rings. The summed E-state index contributed by atoms with van der Waals surface area (Å²) in [6.45, 7) is 0.745. The maximum absolute atomic E-state index is 13.0. The average Bonchev–Trinajstić information content (AvgIpc) is 3.15. The van der Waals surface area contributed by atoms with Gasteiger partial charge in [0.05, 0.1) is 5.52 Å². The van der Waals surface area contributed by atoms with Gasteiger partial charge in [-0.2, -0.15) is 5.10 Å². The Morgan fingerprint density at radius 2 is 2.04 bits per heavy atom. The number of carbonyl (C=O) groups is 2. The molecule has 2 aliphatic rings. The summed E-state index contributed by atoms with van der Waals surface area (Å²) in [6.07, 6.45) is 2.46. The minimum absolute atomic E-state index is 0.0327. The minimum Gasteiger partial charge on any atom is -0.356 e. The number of nitrogens with one attached hydrogen (secondary N) is 1. The van der Waals surface area contributed by atoms with Crippen LogP contribution in [0.25, 0.3) is 10.9 Å². The normalized spacial score (nSPS) is 26.2. The summed E-state index contributed by atoms with van der Waals surface area (Å²) in [5.41, 5.74) is 1.48. The van der Waals surface area contributed by atoms with Crippen molar-refractivity contribution in [2.75, 3.05) is 13.6 Å². The van der Waals surface area contributed by atoms with Gasteiger partial charge in [0.15, 0.2) is 5.69 Å². The maximum atomic E-state index is 13.0. The number of piperidine rings is 1. The highest BCUT2D eigenvalue weighted by atomic mass is 16.2. The van der Waals surface area contributed by atoms with E-state index in [4.69, 9.17) is 0 Å². The van der Waals surface area contributed by atoms with Crippen LogP contribution >= 0.6 is 0 Å². The van der Waals surface area contributed by atoms with E-state index in [0.29, 0.717) is 24.0 Å². The lowest BCUT2D eigenvalue weighted by Gasteiger charge is -2.24. The number of aryl methyl sites for hydroxylation is 1. The molecular formula is C18H22N4O2. The Labute approximate surface area is 140 Å². The van der Waals surface area contributed by atoms with Gasteiger partial charge >= 0.3 is 0 Å². The molecule has 0 unspecified atom stereocenters. The molecule has 1 N–H and O–H groups in total. The molecule has 126 valence electrons. The number of benzene rings is 1. The fourth-order valence-electron chi connectivity index (χ4n) is 4.26. The summed E-state index contributed by atoms with van der Waals surface area (Å²) in [5.74, 6) is 0.999. The van der Waals surface area contributed by atoms with E-state index >= 15 is 0 Å². The molecule has 0 radical (unpaired) electrons. The van der Waals surface area contributed by atoms with Crippen molar-refractivity contribution in [2.24, 2.45) is 18.9 Å². The van der Waals surface area contributed by atoms with Gasteiger partial charge in [-0.15, -0.1) is 0 Å². The van der Waals surface area contributed by atoms with E-state index in [9.17, 15) is 9.59 Å². The molecule has 1 aliphatic carbocycles. The van der Waals surface area contributed by atoms with Crippen LogP contribution in [0.2, 0.25) is 0 Å². The zero-order valence-corrected chi connectivity index (χ0v) is 14.0. The van der Waals surface area contributed by atoms with Crippen molar-refractivity contribution in [2.45, 2.75) is 25.3 Å². The molecule has 4 rings (SSSR count). The first-order chi connectivity index (χ1) is 11.5. The van der Waals surface area contributed by atoms with Crippen LogP contribution in [0.4, 0.5) is 0 Å². The van der Waals surface area contributed by atoms with Crippen molar-refractivity contribution < 1.29 is 9.59 Å². The molecule has 2 heterocycles. The quantitative estimate of drug-likeness (QED) is 0.911. The Morgan fingerprint density at radius 1 is 1.29 bits per heavy atom. The van der Waals surface area contributed by atoms with Crippen molar-refractivity contribution in [1.29, 1.82) is 0 Å². The number of para-hydroxylation sites is 1.